The summed E-state index contributed by atoms with van der Waals surface area (Å²) in [6.07, 6.45) is 6.80. The molecule has 1 aliphatic heterocycles. The molecule has 2 aliphatic rings. The van der Waals surface area contributed by atoms with E-state index in [0.29, 0.717) is 6.04 Å². The van der Waals surface area contributed by atoms with Crippen LogP contribution in [0.15, 0.2) is 28.7 Å². The predicted octanol–water partition coefficient (Wildman–Crippen LogP) is 3.54. The molecule has 1 aliphatic carbocycles. The van der Waals surface area contributed by atoms with E-state index in [1.807, 2.05) is 6.07 Å². The maximum atomic E-state index is 10.5. The molecule has 2 atom stereocenters. The van der Waals surface area contributed by atoms with Crippen molar-refractivity contribution in [3.05, 3.63) is 34.3 Å². The Labute approximate surface area is 121 Å². The van der Waals surface area contributed by atoms with Gasteiger partial charge in [0.2, 0.25) is 0 Å². The van der Waals surface area contributed by atoms with Crippen LogP contribution in [0.1, 0.15) is 24.8 Å². The molecule has 19 heavy (non-hydrogen) atoms. The van der Waals surface area contributed by atoms with Gasteiger partial charge in [-0.25, -0.2) is 4.79 Å². The first kappa shape index (κ1) is 12.7. The fourth-order valence-electron chi connectivity index (χ4n) is 3.23. The molecule has 1 aromatic rings. The highest BCUT2D eigenvalue weighted by atomic mass is 79.9. The average molecular weight is 322 g/mol. The fraction of sp³-hybridized carbons (Fsp3) is 0.400. The Balaban J connectivity index is 1.81. The molecule has 0 aromatic heterocycles. The second-order valence-corrected chi connectivity index (χ2v) is 6.22. The lowest BCUT2D eigenvalue weighted by atomic mass is 10.1. The van der Waals surface area contributed by atoms with Crippen LogP contribution >= 0.6 is 15.9 Å². The van der Waals surface area contributed by atoms with Gasteiger partial charge in [-0.15, -0.1) is 0 Å². The third-order valence-corrected chi connectivity index (χ3v) is 4.82. The number of piperidine rings is 1. The SMILES string of the molecule is O=C(O)/C=C/c1ccc(N2CC3CCC2C3)cc1Br. The van der Waals surface area contributed by atoms with E-state index in [-0.39, 0.29) is 0 Å². The first-order valence-electron chi connectivity index (χ1n) is 6.60. The van der Waals surface area contributed by atoms with Gasteiger partial charge in [0.05, 0.1) is 0 Å². The summed E-state index contributed by atoms with van der Waals surface area (Å²) in [5, 5.41) is 8.65. The van der Waals surface area contributed by atoms with Crippen molar-refractivity contribution >= 4 is 33.7 Å². The van der Waals surface area contributed by atoms with Crippen LogP contribution in [0.4, 0.5) is 5.69 Å². The van der Waals surface area contributed by atoms with Gasteiger partial charge in [0.1, 0.15) is 0 Å². The number of carbonyl (C=O) groups is 1. The predicted molar refractivity (Wildman–Crippen MR) is 79.3 cm³/mol. The van der Waals surface area contributed by atoms with Crippen molar-refractivity contribution in [1.82, 2.24) is 0 Å². The second kappa shape index (κ2) is 5.00. The molecule has 0 amide bonds. The molecule has 3 nitrogen and oxygen atoms in total. The lowest BCUT2D eigenvalue weighted by molar-refractivity contribution is -0.131. The van der Waals surface area contributed by atoms with Gasteiger partial charge < -0.3 is 10.0 Å². The molecule has 2 bridgehead atoms. The van der Waals surface area contributed by atoms with Crippen LogP contribution < -0.4 is 4.90 Å². The van der Waals surface area contributed by atoms with Crippen LogP contribution in [-0.4, -0.2) is 23.7 Å². The van der Waals surface area contributed by atoms with Crippen molar-refractivity contribution in [2.24, 2.45) is 5.92 Å². The Morgan fingerprint density at radius 1 is 1.42 bits per heavy atom. The van der Waals surface area contributed by atoms with Crippen LogP contribution in [0.25, 0.3) is 6.08 Å². The maximum absolute atomic E-state index is 10.5. The topological polar surface area (TPSA) is 40.5 Å². The molecular weight excluding hydrogens is 306 g/mol. The molecule has 1 N–H and O–H groups in total. The molecule has 3 rings (SSSR count). The van der Waals surface area contributed by atoms with Gasteiger partial charge in [-0.1, -0.05) is 22.0 Å². The highest BCUT2D eigenvalue weighted by Crippen LogP contribution is 2.41. The number of halogens is 1. The number of nitrogens with zero attached hydrogens (tertiary/aromatic N) is 1. The summed E-state index contributed by atoms with van der Waals surface area (Å²) in [4.78, 5) is 13.0. The van der Waals surface area contributed by atoms with E-state index in [1.54, 1.807) is 6.08 Å². The minimum absolute atomic E-state index is 0.706. The zero-order valence-corrected chi connectivity index (χ0v) is 12.1. The number of aliphatic carboxylic acids is 1. The van der Waals surface area contributed by atoms with Gasteiger partial charge in [0, 0.05) is 28.8 Å². The number of benzene rings is 1. The average Bonchev–Trinajstić information content (AvgIpc) is 2.99. The van der Waals surface area contributed by atoms with Gasteiger partial charge in [-0.2, -0.15) is 0 Å². The van der Waals surface area contributed by atoms with Crippen LogP contribution in [0.2, 0.25) is 0 Å². The number of fused-ring (bicyclic) bond motifs is 2. The van der Waals surface area contributed by atoms with Gasteiger partial charge in [-0.05, 0) is 49.0 Å². The summed E-state index contributed by atoms with van der Waals surface area (Å²) in [6.45, 7) is 1.17. The minimum atomic E-state index is -0.923. The van der Waals surface area contributed by atoms with E-state index in [4.69, 9.17) is 5.11 Å². The summed E-state index contributed by atoms with van der Waals surface area (Å²) in [7, 11) is 0. The normalized spacial score (nSPS) is 25.4. The molecule has 2 fully saturated rings. The highest BCUT2D eigenvalue weighted by molar-refractivity contribution is 9.10. The quantitative estimate of drug-likeness (QED) is 0.866. The van der Waals surface area contributed by atoms with Crippen molar-refractivity contribution < 1.29 is 9.90 Å². The molecule has 1 saturated carbocycles. The summed E-state index contributed by atoms with van der Waals surface area (Å²) in [5.74, 6) is -0.0526. The van der Waals surface area contributed by atoms with Crippen molar-refractivity contribution in [3.63, 3.8) is 0 Å². The van der Waals surface area contributed by atoms with Gasteiger partial charge in [0.15, 0.2) is 0 Å². The van der Waals surface area contributed by atoms with E-state index in [2.05, 4.69) is 33.0 Å². The van der Waals surface area contributed by atoms with Crippen molar-refractivity contribution in [2.45, 2.75) is 25.3 Å². The van der Waals surface area contributed by atoms with Crippen LogP contribution in [0.5, 0.6) is 0 Å². The number of anilines is 1. The Kier molecular flexibility index (Phi) is 3.35. The number of hydrogen-bond acceptors (Lipinski definition) is 2. The standard InChI is InChI=1S/C15H16BrNO2/c16-14-8-13(5-2-11(14)3-6-15(18)19)17-9-10-1-4-12(17)7-10/h2-3,5-6,8,10,12H,1,4,7,9H2,(H,18,19)/b6-3+. The van der Waals surface area contributed by atoms with Crippen LogP contribution in [0.3, 0.4) is 0 Å². The zero-order valence-electron chi connectivity index (χ0n) is 10.6. The highest BCUT2D eigenvalue weighted by Gasteiger charge is 2.37. The number of rotatable bonds is 3. The number of carboxylic acids is 1. The van der Waals surface area contributed by atoms with Gasteiger partial charge >= 0.3 is 5.97 Å². The third kappa shape index (κ3) is 2.54. The Morgan fingerprint density at radius 3 is 2.84 bits per heavy atom. The Hall–Kier alpha value is -1.29. The summed E-state index contributed by atoms with van der Waals surface area (Å²) >= 11 is 3.53. The molecule has 0 spiro atoms. The molecule has 0 radical (unpaired) electrons. The van der Waals surface area contributed by atoms with Crippen LogP contribution in [-0.2, 0) is 4.79 Å². The first-order chi connectivity index (χ1) is 9.13. The zero-order chi connectivity index (χ0) is 13.4. The van der Waals surface area contributed by atoms with Crippen molar-refractivity contribution in [1.29, 1.82) is 0 Å². The minimum Gasteiger partial charge on any atom is -0.478 e. The lowest BCUT2D eigenvalue weighted by Crippen LogP contribution is -2.31. The van der Waals surface area contributed by atoms with Crippen LogP contribution in [0, 0.1) is 5.92 Å². The molecule has 1 aromatic carbocycles. The van der Waals surface area contributed by atoms with Gasteiger partial charge in [0.25, 0.3) is 0 Å². The first-order valence-corrected chi connectivity index (χ1v) is 7.40. The monoisotopic (exact) mass is 321 g/mol. The molecular formula is C15H16BrNO2. The Morgan fingerprint density at radius 2 is 2.26 bits per heavy atom. The largest absolute Gasteiger partial charge is 0.478 e. The van der Waals surface area contributed by atoms with E-state index >= 15 is 0 Å². The smallest absolute Gasteiger partial charge is 0.328 e. The fourth-order valence-corrected chi connectivity index (χ4v) is 3.73. The molecule has 100 valence electrons. The third-order valence-electron chi connectivity index (χ3n) is 4.13. The summed E-state index contributed by atoms with van der Waals surface area (Å²) in [6, 6.07) is 6.87. The lowest BCUT2D eigenvalue weighted by Gasteiger charge is -2.29. The second-order valence-electron chi connectivity index (χ2n) is 5.36. The maximum Gasteiger partial charge on any atom is 0.328 e. The Bertz CT molecular complexity index is 541. The molecule has 4 heteroatoms. The van der Waals surface area contributed by atoms with Crippen molar-refractivity contribution in [3.8, 4) is 0 Å². The van der Waals surface area contributed by atoms with E-state index in [0.717, 1.165) is 22.0 Å². The molecule has 1 heterocycles. The van der Waals surface area contributed by atoms with E-state index in [9.17, 15) is 4.79 Å². The summed E-state index contributed by atoms with van der Waals surface area (Å²) in [5.41, 5.74) is 2.14. The van der Waals surface area contributed by atoms with E-state index in [1.165, 1.54) is 31.5 Å². The molecule has 1 saturated heterocycles. The summed E-state index contributed by atoms with van der Waals surface area (Å²) < 4.78 is 0.949. The number of carboxylic acid groups (broad SMARTS) is 1. The van der Waals surface area contributed by atoms with E-state index < -0.39 is 5.97 Å². The molecule has 2 unspecified atom stereocenters. The number of hydrogen-bond donors (Lipinski definition) is 1. The van der Waals surface area contributed by atoms with Gasteiger partial charge in [-0.3, -0.25) is 0 Å². The van der Waals surface area contributed by atoms with Crippen molar-refractivity contribution in [2.75, 3.05) is 11.4 Å².